The number of fused-ring (bicyclic) bond motifs is 2. The monoisotopic (exact) mass is 472 g/mol. The average Bonchev–Trinajstić information content (AvgIpc) is 2.93. The molecule has 0 aromatic heterocycles. The van der Waals surface area contributed by atoms with Crippen molar-refractivity contribution >= 4 is 54.7 Å². The number of aliphatic imine (C=N–C) groups is 2. The maximum absolute atomic E-state index is 4.97. The number of benzene rings is 2. The Bertz CT molecular complexity index is 943. The van der Waals surface area contributed by atoms with Gasteiger partial charge in [-0.1, -0.05) is 71.7 Å². The molecule has 134 valence electrons. The van der Waals surface area contributed by atoms with Crippen molar-refractivity contribution in [2.75, 3.05) is 0 Å². The van der Waals surface area contributed by atoms with E-state index in [1.54, 1.807) is 0 Å². The zero-order chi connectivity index (χ0) is 19.0. The molecule has 2 nitrogen and oxygen atoms in total. The first-order chi connectivity index (χ1) is 12.1. The van der Waals surface area contributed by atoms with Crippen molar-refractivity contribution in [1.82, 2.24) is 0 Å². The van der Waals surface area contributed by atoms with Crippen LogP contribution >= 0.6 is 31.9 Å². The molecule has 0 fully saturated rings. The van der Waals surface area contributed by atoms with Crippen LogP contribution in [0.15, 0.2) is 43.2 Å². The van der Waals surface area contributed by atoms with Crippen LogP contribution in [0.4, 0.5) is 11.4 Å². The molecule has 0 saturated carbocycles. The lowest BCUT2D eigenvalue weighted by Crippen LogP contribution is -2.23. The molecule has 0 spiro atoms. The molecule has 0 unspecified atom stereocenters. The summed E-state index contributed by atoms with van der Waals surface area (Å²) in [7, 11) is 0. The standard InChI is InChI=1S/C22H22Br2N2/c1-11-21(3,4)17-15(23)9-7-13(19(17)25-11)14-8-10-16(24)18-20(14)26-12(2)22(18,5)6/h7-10H,1-6H3. The topological polar surface area (TPSA) is 24.7 Å². The predicted octanol–water partition coefficient (Wildman–Crippen LogP) is 7.65. The van der Waals surface area contributed by atoms with Gasteiger partial charge < -0.3 is 0 Å². The lowest BCUT2D eigenvalue weighted by atomic mass is 9.79. The van der Waals surface area contributed by atoms with Gasteiger partial charge >= 0.3 is 0 Å². The molecule has 2 aliphatic rings. The number of hydrogen-bond donors (Lipinski definition) is 0. The summed E-state index contributed by atoms with van der Waals surface area (Å²) < 4.78 is 2.24. The summed E-state index contributed by atoms with van der Waals surface area (Å²) in [4.78, 5) is 9.94. The van der Waals surface area contributed by atoms with E-state index < -0.39 is 0 Å². The summed E-state index contributed by atoms with van der Waals surface area (Å²) in [5, 5.41) is 0. The second-order valence-corrected chi connectivity index (χ2v) is 9.99. The van der Waals surface area contributed by atoms with Crippen LogP contribution in [-0.4, -0.2) is 11.4 Å². The Labute approximate surface area is 172 Å². The molecule has 0 aliphatic carbocycles. The van der Waals surface area contributed by atoms with Gasteiger partial charge in [-0.05, 0) is 26.0 Å². The normalized spacial score (nSPS) is 19.1. The molecule has 4 heteroatoms. The van der Waals surface area contributed by atoms with E-state index in [1.807, 2.05) is 0 Å². The van der Waals surface area contributed by atoms with Crippen LogP contribution in [0, 0.1) is 0 Å². The van der Waals surface area contributed by atoms with Gasteiger partial charge in [-0.15, -0.1) is 0 Å². The first-order valence-electron chi connectivity index (χ1n) is 8.84. The minimum atomic E-state index is -0.0683. The van der Waals surface area contributed by atoms with Gasteiger partial charge in [0.05, 0.1) is 11.4 Å². The number of nitrogens with zero attached hydrogens (tertiary/aromatic N) is 2. The zero-order valence-electron chi connectivity index (χ0n) is 16.0. The molecule has 4 rings (SSSR count). The Kier molecular flexibility index (Phi) is 3.92. The van der Waals surface area contributed by atoms with Crippen molar-refractivity contribution in [3.05, 3.63) is 44.3 Å². The summed E-state index contributed by atoms with van der Waals surface area (Å²) in [6, 6.07) is 8.63. The van der Waals surface area contributed by atoms with Crippen molar-refractivity contribution in [3.8, 4) is 11.1 Å². The fourth-order valence-electron chi connectivity index (χ4n) is 3.97. The van der Waals surface area contributed by atoms with Crippen LogP contribution < -0.4 is 0 Å². The average molecular weight is 474 g/mol. The van der Waals surface area contributed by atoms with Gasteiger partial charge in [0.1, 0.15) is 0 Å². The highest BCUT2D eigenvalue weighted by molar-refractivity contribution is 9.10. The van der Waals surface area contributed by atoms with Crippen molar-refractivity contribution < 1.29 is 0 Å². The Morgan fingerprint density at radius 3 is 1.35 bits per heavy atom. The molecular weight excluding hydrogens is 452 g/mol. The minimum Gasteiger partial charge on any atom is -0.256 e. The predicted molar refractivity (Wildman–Crippen MR) is 119 cm³/mol. The second kappa shape index (κ2) is 5.62. The number of rotatable bonds is 1. The van der Waals surface area contributed by atoms with E-state index in [-0.39, 0.29) is 10.8 Å². The summed E-state index contributed by atoms with van der Waals surface area (Å²) in [6.07, 6.45) is 0. The molecule has 2 aliphatic heterocycles. The maximum atomic E-state index is 4.97. The van der Waals surface area contributed by atoms with Crippen LogP contribution in [0.5, 0.6) is 0 Å². The number of hydrogen-bond acceptors (Lipinski definition) is 2. The van der Waals surface area contributed by atoms with Gasteiger partial charge in [-0.25, -0.2) is 0 Å². The Morgan fingerprint density at radius 1 is 0.654 bits per heavy atom. The molecule has 2 aromatic rings. The van der Waals surface area contributed by atoms with E-state index in [9.17, 15) is 0 Å². The molecule has 2 heterocycles. The third-order valence-electron chi connectivity index (χ3n) is 6.16. The molecule has 0 atom stereocenters. The smallest absolute Gasteiger partial charge is 0.0761 e. The third kappa shape index (κ3) is 2.27. The zero-order valence-corrected chi connectivity index (χ0v) is 19.1. The maximum Gasteiger partial charge on any atom is 0.0761 e. The van der Waals surface area contributed by atoms with Gasteiger partial charge in [0, 0.05) is 53.5 Å². The van der Waals surface area contributed by atoms with Gasteiger partial charge in [0.2, 0.25) is 0 Å². The van der Waals surface area contributed by atoms with E-state index in [0.29, 0.717) is 0 Å². The molecule has 2 aromatic carbocycles. The SMILES string of the molecule is CC1=Nc2c(-c3ccc(Br)c4c3N=C(C)C4(C)C)ccc(Br)c2C1(C)C. The van der Waals surface area contributed by atoms with E-state index in [2.05, 4.69) is 97.7 Å². The van der Waals surface area contributed by atoms with Crippen molar-refractivity contribution in [3.63, 3.8) is 0 Å². The molecule has 0 radical (unpaired) electrons. The first-order valence-corrected chi connectivity index (χ1v) is 10.4. The minimum absolute atomic E-state index is 0.0683. The lowest BCUT2D eigenvalue weighted by molar-refractivity contribution is 0.728. The van der Waals surface area contributed by atoms with Crippen molar-refractivity contribution in [2.45, 2.75) is 52.4 Å². The Morgan fingerprint density at radius 2 is 1.00 bits per heavy atom. The Balaban J connectivity index is 2.05. The van der Waals surface area contributed by atoms with Gasteiger partial charge in [-0.2, -0.15) is 0 Å². The summed E-state index contributed by atoms with van der Waals surface area (Å²) in [6.45, 7) is 13.2. The first kappa shape index (κ1) is 18.1. The van der Waals surface area contributed by atoms with E-state index in [0.717, 1.165) is 42.9 Å². The number of halogens is 2. The molecular formula is C22H22Br2N2. The molecule has 0 N–H and O–H groups in total. The van der Waals surface area contributed by atoms with Crippen LogP contribution in [-0.2, 0) is 10.8 Å². The lowest BCUT2D eigenvalue weighted by Gasteiger charge is -2.23. The highest BCUT2D eigenvalue weighted by Gasteiger charge is 2.39. The fourth-order valence-corrected chi connectivity index (χ4v) is 5.60. The highest BCUT2D eigenvalue weighted by atomic mass is 79.9. The second-order valence-electron chi connectivity index (χ2n) is 8.28. The van der Waals surface area contributed by atoms with Crippen molar-refractivity contribution in [1.29, 1.82) is 0 Å². The van der Waals surface area contributed by atoms with E-state index in [1.165, 1.54) is 11.1 Å². The summed E-state index contributed by atoms with van der Waals surface area (Å²) >= 11 is 7.50. The molecule has 0 bridgehead atoms. The Hall–Kier alpha value is -1.26. The van der Waals surface area contributed by atoms with E-state index >= 15 is 0 Å². The van der Waals surface area contributed by atoms with E-state index in [4.69, 9.17) is 9.98 Å². The van der Waals surface area contributed by atoms with Gasteiger partial charge in [0.25, 0.3) is 0 Å². The largest absolute Gasteiger partial charge is 0.256 e. The van der Waals surface area contributed by atoms with Crippen LogP contribution in [0.1, 0.15) is 52.7 Å². The summed E-state index contributed by atoms with van der Waals surface area (Å²) in [5.74, 6) is 0. The molecule has 26 heavy (non-hydrogen) atoms. The van der Waals surface area contributed by atoms with Crippen LogP contribution in [0.25, 0.3) is 11.1 Å². The quantitative estimate of drug-likeness (QED) is 0.406. The molecule has 0 amide bonds. The summed E-state index contributed by atoms with van der Waals surface area (Å²) in [5.41, 5.74) is 9.15. The third-order valence-corrected chi connectivity index (χ3v) is 7.48. The fraction of sp³-hybridized carbons (Fsp3) is 0.364. The highest BCUT2D eigenvalue weighted by Crippen LogP contribution is 2.54. The van der Waals surface area contributed by atoms with Crippen LogP contribution in [0.2, 0.25) is 0 Å². The van der Waals surface area contributed by atoms with Gasteiger partial charge in [-0.3, -0.25) is 9.98 Å². The van der Waals surface area contributed by atoms with Gasteiger partial charge in [0.15, 0.2) is 0 Å². The molecule has 0 saturated heterocycles. The van der Waals surface area contributed by atoms with Crippen molar-refractivity contribution in [2.24, 2.45) is 9.98 Å². The van der Waals surface area contributed by atoms with Crippen LogP contribution in [0.3, 0.4) is 0 Å².